The molecule has 0 radical (unpaired) electrons. The van der Waals surface area contributed by atoms with Crippen molar-refractivity contribution in [3.8, 4) is 0 Å². The van der Waals surface area contributed by atoms with E-state index in [1.807, 2.05) is 0 Å². The van der Waals surface area contributed by atoms with Crippen LogP contribution in [0.15, 0.2) is 57.1 Å². The van der Waals surface area contributed by atoms with E-state index in [1.165, 1.54) is 50.7 Å². The van der Waals surface area contributed by atoms with Gasteiger partial charge >= 0.3 is 0 Å². The van der Waals surface area contributed by atoms with Crippen molar-refractivity contribution in [1.82, 2.24) is 9.73 Å². The van der Waals surface area contributed by atoms with Gasteiger partial charge in [0.05, 0.1) is 23.9 Å². The molecule has 0 saturated heterocycles. The average molecular weight is 378 g/mol. The first-order chi connectivity index (χ1) is 12.3. The normalized spacial score (nSPS) is 11.7. The summed E-state index contributed by atoms with van der Waals surface area (Å²) >= 11 is 0. The number of hydrazone groups is 1. The van der Waals surface area contributed by atoms with Crippen LogP contribution in [0.2, 0.25) is 0 Å². The minimum Gasteiger partial charge on any atom is -0.463 e. The number of rotatable bonds is 7. The summed E-state index contributed by atoms with van der Waals surface area (Å²) in [5.74, 6) is -0.413. The van der Waals surface area contributed by atoms with Crippen molar-refractivity contribution in [1.29, 1.82) is 0 Å². The fourth-order valence-electron chi connectivity index (χ4n) is 1.95. The lowest BCUT2D eigenvalue weighted by Gasteiger charge is -2.16. The van der Waals surface area contributed by atoms with E-state index in [0.29, 0.717) is 11.4 Å². The summed E-state index contributed by atoms with van der Waals surface area (Å²) in [6, 6.07) is 8.96. The molecule has 0 saturated carbocycles. The number of nitrogens with one attached hydrogen (secondary N) is 2. The van der Waals surface area contributed by atoms with Crippen LogP contribution in [0, 0.1) is 0 Å². The predicted octanol–water partition coefficient (Wildman–Crippen LogP) is 1.01. The highest BCUT2D eigenvalue weighted by Crippen LogP contribution is 2.17. The first-order valence-corrected chi connectivity index (χ1v) is 8.92. The van der Waals surface area contributed by atoms with Crippen molar-refractivity contribution in [3.63, 3.8) is 0 Å². The Morgan fingerprint density at radius 3 is 2.50 bits per heavy atom. The molecule has 0 bridgehead atoms. The molecule has 2 amide bonds. The maximum absolute atomic E-state index is 12.5. The summed E-state index contributed by atoms with van der Waals surface area (Å²) in [4.78, 5) is 22.8. The van der Waals surface area contributed by atoms with Crippen LogP contribution < -0.4 is 10.7 Å². The number of nitrogens with zero attached hydrogens (tertiary/aromatic N) is 2. The third kappa shape index (κ3) is 5.26. The third-order valence-electron chi connectivity index (χ3n) is 3.17. The fraction of sp³-hybridized carbons (Fsp3) is 0.188. The number of sulfonamides is 1. The van der Waals surface area contributed by atoms with Crippen molar-refractivity contribution < 1.29 is 22.4 Å². The maximum atomic E-state index is 12.5. The maximum Gasteiger partial charge on any atom is 0.255 e. The lowest BCUT2D eigenvalue weighted by atomic mass is 10.3. The van der Waals surface area contributed by atoms with E-state index in [4.69, 9.17) is 4.42 Å². The van der Waals surface area contributed by atoms with Crippen LogP contribution in [0.1, 0.15) is 12.7 Å². The first-order valence-electron chi connectivity index (χ1n) is 7.48. The molecule has 1 heterocycles. The Bertz CT molecular complexity index is 889. The van der Waals surface area contributed by atoms with Gasteiger partial charge in [-0.05, 0) is 36.4 Å². The van der Waals surface area contributed by atoms with Gasteiger partial charge in [0.15, 0.2) is 0 Å². The molecule has 9 nitrogen and oxygen atoms in total. The Kier molecular flexibility index (Phi) is 6.26. The summed E-state index contributed by atoms with van der Waals surface area (Å²) in [7, 11) is -2.57. The Labute approximate surface area is 150 Å². The molecule has 2 N–H and O–H groups in total. The summed E-state index contributed by atoms with van der Waals surface area (Å²) in [5.41, 5.74) is 2.70. The monoisotopic (exact) mass is 378 g/mol. The summed E-state index contributed by atoms with van der Waals surface area (Å²) < 4.78 is 30.8. The number of hydrogen-bond acceptors (Lipinski definition) is 6. The smallest absolute Gasteiger partial charge is 0.255 e. The highest BCUT2D eigenvalue weighted by Gasteiger charge is 2.22. The number of furan rings is 1. The van der Waals surface area contributed by atoms with Crippen LogP contribution in [0.5, 0.6) is 0 Å². The van der Waals surface area contributed by atoms with Gasteiger partial charge in [0, 0.05) is 19.7 Å². The van der Waals surface area contributed by atoms with Crippen LogP contribution in [-0.4, -0.2) is 44.3 Å². The molecule has 26 heavy (non-hydrogen) atoms. The molecule has 1 aromatic carbocycles. The molecule has 10 heteroatoms. The number of carbonyl (C=O) groups excluding carboxylic acids is 2. The van der Waals surface area contributed by atoms with E-state index in [-0.39, 0.29) is 10.8 Å². The molecule has 1 aromatic heterocycles. The van der Waals surface area contributed by atoms with Crippen LogP contribution >= 0.6 is 0 Å². The first kappa shape index (κ1) is 19.3. The minimum absolute atomic E-state index is 0.000916. The molecule has 0 fully saturated rings. The SMILES string of the molecule is CC(=O)Nc1ccc(S(=O)(=O)N(C)CC(=O)N/N=C\c2ccco2)cc1. The molecule has 2 rings (SSSR count). The van der Waals surface area contributed by atoms with E-state index in [0.717, 1.165) is 4.31 Å². The second kappa shape index (κ2) is 8.41. The number of likely N-dealkylation sites (N-methyl/N-ethyl adjacent to an activating group) is 1. The zero-order chi connectivity index (χ0) is 19.2. The second-order valence-corrected chi connectivity index (χ2v) is 7.32. The van der Waals surface area contributed by atoms with Crippen LogP contribution in [0.3, 0.4) is 0 Å². The van der Waals surface area contributed by atoms with Crippen LogP contribution in [-0.2, 0) is 19.6 Å². The lowest BCUT2D eigenvalue weighted by Crippen LogP contribution is -2.36. The van der Waals surface area contributed by atoms with Gasteiger partial charge in [0.1, 0.15) is 5.76 Å². The molecular formula is C16H18N4O5S. The molecule has 138 valence electrons. The highest BCUT2D eigenvalue weighted by atomic mass is 32.2. The molecule has 0 aliphatic heterocycles. The van der Waals surface area contributed by atoms with E-state index >= 15 is 0 Å². The minimum atomic E-state index is -3.86. The molecule has 0 aliphatic carbocycles. The van der Waals surface area contributed by atoms with E-state index in [9.17, 15) is 18.0 Å². The Balaban J connectivity index is 1.97. The van der Waals surface area contributed by atoms with Crippen molar-refractivity contribution >= 4 is 33.7 Å². The Hall–Kier alpha value is -2.98. The van der Waals surface area contributed by atoms with Crippen LogP contribution in [0.25, 0.3) is 0 Å². The van der Waals surface area contributed by atoms with Gasteiger partial charge in [-0.15, -0.1) is 0 Å². The van der Waals surface area contributed by atoms with Gasteiger partial charge in [-0.25, -0.2) is 13.8 Å². The molecule has 2 aromatic rings. The summed E-state index contributed by atoms with van der Waals surface area (Å²) in [5, 5.41) is 6.23. The van der Waals surface area contributed by atoms with Crippen molar-refractivity contribution in [3.05, 3.63) is 48.4 Å². The zero-order valence-corrected chi connectivity index (χ0v) is 15.0. The second-order valence-electron chi connectivity index (χ2n) is 5.28. The zero-order valence-electron chi connectivity index (χ0n) is 14.2. The van der Waals surface area contributed by atoms with Gasteiger partial charge < -0.3 is 9.73 Å². The van der Waals surface area contributed by atoms with E-state index in [2.05, 4.69) is 15.8 Å². The third-order valence-corrected chi connectivity index (χ3v) is 4.99. The molecule has 0 aliphatic rings. The highest BCUT2D eigenvalue weighted by molar-refractivity contribution is 7.89. The van der Waals surface area contributed by atoms with Crippen molar-refractivity contribution in [2.45, 2.75) is 11.8 Å². The van der Waals surface area contributed by atoms with Crippen molar-refractivity contribution in [2.24, 2.45) is 5.10 Å². The van der Waals surface area contributed by atoms with E-state index < -0.39 is 22.5 Å². The topological polar surface area (TPSA) is 121 Å². The summed E-state index contributed by atoms with van der Waals surface area (Å²) in [6.07, 6.45) is 2.76. The Morgan fingerprint density at radius 2 is 1.92 bits per heavy atom. The average Bonchev–Trinajstić information content (AvgIpc) is 3.08. The standard InChI is InChI=1S/C16H18N4O5S/c1-12(21)18-13-5-7-15(8-6-13)26(23,24)20(2)11-16(22)19-17-10-14-4-3-9-25-14/h3-10H,11H2,1-2H3,(H,18,21)(H,19,22)/b17-10-. The molecule has 0 unspecified atom stereocenters. The van der Waals surface area contributed by atoms with E-state index in [1.54, 1.807) is 12.1 Å². The predicted molar refractivity (Wildman–Crippen MR) is 95.0 cm³/mol. The molecule has 0 atom stereocenters. The quantitative estimate of drug-likeness (QED) is 0.550. The Morgan fingerprint density at radius 1 is 1.23 bits per heavy atom. The van der Waals surface area contributed by atoms with Gasteiger partial charge in [-0.1, -0.05) is 0 Å². The lowest BCUT2D eigenvalue weighted by molar-refractivity contribution is -0.121. The van der Waals surface area contributed by atoms with Crippen molar-refractivity contribution in [2.75, 3.05) is 18.9 Å². The van der Waals surface area contributed by atoms with Gasteiger partial charge in [0.2, 0.25) is 15.9 Å². The molecular weight excluding hydrogens is 360 g/mol. The number of anilines is 1. The molecule has 0 spiro atoms. The van der Waals surface area contributed by atoms with Gasteiger partial charge in [0.25, 0.3) is 5.91 Å². The number of carbonyl (C=O) groups is 2. The largest absolute Gasteiger partial charge is 0.463 e. The fourth-order valence-corrected chi connectivity index (χ4v) is 3.08. The number of amides is 2. The van der Waals surface area contributed by atoms with Gasteiger partial charge in [-0.3, -0.25) is 9.59 Å². The number of benzene rings is 1. The van der Waals surface area contributed by atoms with Gasteiger partial charge in [-0.2, -0.15) is 9.41 Å². The van der Waals surface area contributed by atoms with Crippen LogP contribution in [0.4, 0.5) is 5.69 Å². The number of hydrogen-bond donors (Lipinski definition) is 2. The summed E-state index contributed by atoms with van der Waals surface area (Å²) in [6.45, 7) is 0.941.